The second-order valence-electron chi connectivity index (χ2n) is 6.58. The first-order valence-electron chi connectivity index (χ1n) is 10.3. The highest BCUT2D eigenvalue weighted by atomic mass is 16.6. The summed E-state index contributed by atoms with van der Waals surface area (Å²) in [4.78, 5) is 68.7. The Morgan fingerprint density at radius 2 is 0.973 bits per heavy atom. The maximum Gasteiger partial charge on any atom is 0.346 e. The molecule has 0 aliphatic carbocycles. The fraction of sp³-hybridized carbons (Fsp3) is 0.167. The molecular formula is C24H22O13. The molecule has 0 amide bonds. The molecule has 0 saturated heterocycles. The third-order valence-corrected chi connectivity index (χ3v) is 3.90. The van der Waals surface area contributed by atoms with E-state index in [1.807, 2.05) is 0 Å². The number of hydrogen-bond donors (Lipinski definition) is 4. The van der Waals surface area contributed by atoms with Crippen LogP contribution in [0.15, 0.2) is 60.7 Å². The number of carbonyl (C=O) groups excluding carboxylic acids is 4. The van der Waals surface area contributed by atoms with Crippen LogP contribution in [-0.4, -0.2) is 82.7 Å². The van der Waals surface area contributed by atoms with E-state index in [0.29, 0.717) is 25.4 Å². The summed E-state index contributed by atoms with van der Waals surface area (Å²) in [5.41, 5.74) is -0.788. The highest BCUT2D eigenvalue weighted by Gasteiger charge is 2.16. The fourth-order valence-corrected chi connectivity index (χ4v) is 2.29. The van der Waals surface area contributed by atoms with Crippen molar-refractivity contribution in [2.75, 3.05) is 26.4 Å². The number of carboxylic acids is 2. The molecule has 196 valence electrons. The van der Waals surface area contributed by atoms with Gasteiger partial charge >= 0.3 is 35.8 Å². The molecule has 0 spiro atoms. The number of ether oxygens (including phenoxy) is 3. The molecule has 0 aliphatic rings. The van der Waals surface area contributed by atoms with E-state index >= 15 is 0 Å². The van der Waals surface area contributed by atoms with Gasteiger partial charge in [-0.25, -0.2) is 28.8 Å². The number of hydrogen-bond acceptors (Lipinski definition) is 11. The average molecular weight is 518 g/mol. The van der Waals surface area contributed by atoms with E-state index in [1.165, 1.54) is 36.4 Å². The predicted octanol–water partition coefficient (Wildman–Crippen LogP) is 0.694. The van der Waals surface area contributed by atoms with Crippen LogP contribution in [0.5, 0.6) is 0 Å². The minimum absolute atomic E-state index is 0.0278. The molecule has 0 bridgehead atoms. The highest BCUT2D eigenvalue weighted by molar-refractivity contribution is 6.05. The van der Waals surface area contributed by atoms with Crippen LogP contribution in [0.2, 0.25) is 0 Å². The van der Waals surface area contributed by atoms with E-state index in [2.05, 4.69) is 14.2 Å². The first-order chi connectivity index (χ1) is 17.6. The standard InChI is InChI=1S/C20H12O10.C4H10O3/c21-15(29-19(27)13-5-1-3-11(9-13)17(23)24)7-8-16(22)30-20(28)14-6-2-4-12(10-14)18(25)26;5-1-3-7-4-2-6/h1-10H,(H,23,24)(H,25,26);5-6H,1-4H2/b8-7-;. The summed E-state index contributed by atoms with van der Waals surface area (Å²) < 4.78 is 13.5. The zero-order chi connectivity index (χ0) is 27.8. The minimum Gasteiger partial charge on any atom is -0.478 e. The van der Waals surface area contributed by atoms with Gasteiger partial charge in [0.25, 0.3) is 0 Å². The van der Waals surface area contributed by atoms with Gasteiger partial charge in [-0.05, 0) is 36.4 Å². The van der Waals surface area contributed by atoms with Crippen LogP contribution in [0, 0.1) is 0 Å². The molecule has 0 saturated carbocycles. The number of carboxylic acid groups (broad SMARTS) is 2. The molecule has 37 heavy (non-hydrogen) atoms. The lowest BCUT2D eigenvalue weighted by Crippen LogP contribution is -2.13. The van der Waals surface area contributed by atoms with Crippen molar-refractivity contribution in [3.63, 3.8) is 0 Å². The molecule has 2 aromatic carbocycles. The van der Waals surface area contributed by atoms with Gasteiger partial charge in [0, 0.05) is 12.2 Å². The van der Waals surface area contributed by atoms with Gasteiger partial charge in [-0.2, -0.15) is 0 Å². The van der Waals surface area contributed by atoms with Gasteiger partial charge in [0.15, 0.2) is 0 Å². The van der Waals surface area contributed by atoms with Gasteiger partial charge in [-0.1, -0.05) is 12.1 Å². The van der Waals surface area contributed by atoms with Crippen molar-refractivity contribution in [1.82, 2.24) is 0 Å². The lowest BCUT2D eigenvalue weighted by molar-refractivity contribution is -0.135. The Kier molecular flexibility index (Phi) is 13.1. The Bertz CT molecular complexity index is 1080. The van der Waals surface area contributed by atoms with Gasteiger partial charge in [0.05, 0.1) is 48.7 Å². The van der Waals surface area contributed by atoms with Gasteiger partial charge in [-0.3, -0.25) is 0 Å². The summed E-state index contributed by atoms with van der Waals surface area (Å²) in [7, 11) is 0. The molecule has 4 N–H and O–H groups in total. The Labute approximate surface area is 209 Å². The first-order valence-corrected chi connectivity index (χ1v) is 10.3. The molecule has 0 radical (unpaired) electrons. The molecule has 0 unspecified atom stereocenters. The largest absolute Gasteiger partial charge is 0.478 e. The van der Waals surface area contributed by atoms with Crippen molar-refractivity contribution >= 4 is 35.8 Å². The molecule has 13 nitrogen and oxygen atoms in total. The fourth-order valence-electron chi connectivity index (χ4n) is 2.29. The molecule has 13 heteroatoms. The topological polar surface area (TPSA) is 211 Å². The zero-order valence-electron chi connectivity index (χ0n) is 19.1. The van der Waals surface area contributed by atoms with Crippen molar-refractivity contribution in [2.24, 2.45) is 0 Å². The first kappa shape index (κ1) is 30.3. The van der Waals surface area contributed by atoms with E-state index in [4.69, 9.17) is 20.4 Å². The summed E-state index contributed by atoms with van der Waals surface area (Å²) in [6, 6.07) is 9.49. The SMILES string of the molecule is O=C(/C=C\C(=O)OC(=O)c1cccc(C(=O)O)c1)OC(=O)c1cccc(C(=O)O)c1.OCCOCCO. The van der Waals surface area contributed by atoms with E-state index < -0.39 is 35.8 Å². The molecule has 0 heterocycles. The summed E-state index contributed by atoms with van der Waals surface area (Å²) in [6.45, 7) is 0.696. The second-order valence-corrected chi connectivity index (χ2v) is 6.58. The van der Waals surface area contributed by atoms with Gasteiger partial charge in [0.2, 0.25) is 0 Å². The summed E-state index contributed by atoms with van der Waals surface area (Å²) >= 11 is 0. The van der Waals surface area contributed by atoms with E-state index in [1.54, 1.807) is 0 Å². The summed E-state index contributed by atoms with van der Waals surface area (Å²) in [5, 5.41) is 33.9. The van der Waals surface area contributed by atoms with Crippen molar-refractivity contribution in [2.45, 2.75) is 0 Å². The molecule has 0 fully saturated rings. The average Bonchev–Trinajstić information content (AvgIpc) is 2.88. The van der Waals surface area contributed by atoms with Crippen LogP contribution >= 0.6 is 0 Å². The molecule has 0 aromatic heterocycles. The number of rotatable bonds is 10. The number of aliphatic hydroxyl groups is 2. The Morgan fingerprint density at radius 1 is 0.622 bits per heavy atom. The molecule has 0 aliphatic heterocycles. The second kappa shape index (κ2) is 16.0. The van der Waals surface area contributed by atoms with Crippen LogP contribution in [0.4, 0.5) is 0 Å². The number of carbonyl (C=O) groups is 6. The summed E-state index contributed by atoms with van der Waals surface area (Å²) in [5.74, 6) is -7.39. The summed E-state index contributed by atoms with van der Waals surface area (Å²) in [6.07, 6.45) is 1.06. The lowest BCUT2D eigenvalue weighted by atomic mass is 10.1. The number of aromatic carboxylic acids is 2. The maximum absolute atomic E-state index is 11.8. The Balaban J connectivity index is 0.000000856. The van der Waals surface area contributed by atoms with Gasteiger partial charge in [-0.15, -0.1) is 0 Å². The van der Waals surface area contributed by atoms with Crippen molar-refractivity contribution in [3.05, 3.63) is 82.9 Å². The van der Waals surface area contributed by atoms with Crippen LogP contribution in [0.1, 0.15) is 41.4 Å². The van der Waals surface area contributed by atoms with Crippen LogP contribution in [0.3, 0.4) is 0 Å². The van der Waals surface area contributed by atoms with Crippen molar-refractivity contribution in [1.29, 1.82) is 0 Å². The van der Waals surface area contributed by atoms with Crippen molar-refractivity contribution < 1.29 is 63.4 Å². The Morgan fingerprint density at radius 3 is 1.30 bits per heavy atom. The van der Waals surface area contributed by atoms with Crippen LogP contribution in [-0.2, 0) is 23.8 Å². The molecule has 2 aromatic rings. The van der Waals surface area contributed by atoms with Gasteiger partial charge in [0.1, 0.15) is 0 Å². The Hall–Kier alpha value is -4.72. The zero-order valence-corrected chi connectivity index (χ0v) is 19.1. The van der Waals surface area contributed by atoms with E-state index in [9.17, 15) is 28.8 Å². The predicted molar refractivity (Wildman–Crippen MR) is 122 cm³/mol. The minimum atomic E-state index is -1.28. The third kappa shape index (κ3) is 11.5. The number of esters is 4. The number of benzene rings is 2. The van der Waals surface area contributed by atoms with Crippen LogP contribution < -0.4 is 0 Å². The maximum atomic E-state index is 11.8. The monoisotopic (exact) mass is 518 g/mol. The molecule has 0 atom stereocenters. The molecular weight excluding hydrogens is 496 g/mol. The number of aliphatic hydroxyl groups excluding tert-OH is 2. The smallest absolute Gasteiger partial charge is 0.346 e. The lowest BCUT2D eigenvalue weighted by Gasteiger charge is -2.02. The van der Waals surface area contributed by atoms with Crippen molar-refractivity contribution in [3.8, 4) is 0 Å². The quantitative estimate of drug-likeness (QED) is 0.148. The van der Waals surface area contributed by atoms with E-state index in [-0.39, 0.29) is 35.5 Å². The van der Waals surface area contributed by atoms with Crippen LogP contribution in [0.25, 0.3) is 0 Å². The van der Waals surface area contributed by atoms with Gasteiger partial charge < -0.3 is 34.6 Å². The third-order valence-electron chi connectivity index (χ3n) is 3.90. The highest BCUT2D eigenvalue weighted by Crippen LogP contribution is 2.09. The van der Waals surface area contributed by atoms with E-state index in [0.717, 1.165) is 12.1 Å². The molecule has 2 rings (SSSR count). The normalized spacial score (nSPS) is 10.1.